The molecular formula is C30H30F3N3O5. The zero-order chi connectivity index (χ0) is 29.6. The lowest BCUT2D eigenvalue weighted by molar-refractivity contribution is -0.137. The van der Waals surface area contributed by atoms with Gasteiger partial charge in [-0.2, -0.15) is 18.3 Å². The van der Waals surface area contributed by atoms with E-state index in [2.05, 4.69) is 5.10 Å². The quantitative estimate of drug-likeness (QED) is 0.336. The third-order valence-electron chi connectivity index (χ3n) is 6.70. The third kappa shape index (κ3) is 6.86. The summed E-state index contributed by atoms with van der Waals surface area (Å²) < 4.78 is 55.1. The van der Waals surface area contributed by atoms with Crippen molar-refractivity contribution in [3.8, 4) is 11.5 Å². The molecule has 0 radical (unpaired) electrons. The predicted molar refractivity (Wildman–Crippen MR) is 146 cm³/mol. The van der Waals surface area contributed by atoms with E-state index < -0.39 is 29.6 Å². The molecule has 0 saturated heterocycles. The number of para-hydroxylation sites is 1. The van der Waals surface area contributed by atoms with Crippen LogP contribution in [0.25, 0.3) is 0 Å². The van der Waals surface area contributed by atoms with Crippen molar-refractivity contribution in [2.75, 3.05) is 41.0 Å². The van der Waals surface area contributed by atoms with E-state index in [4.69, 9.17) is 14.2 Å². The smallest absolute Gasteiger partial charge is 0.416 e. The van der Waals surface area contributed by atoms with Crippen molar-refractivity contribution < 1.29 is 37.0 Å². The van der Waals surface area contributed by atoms with Gasteiger partial charge in [0.05, 0.1) is 38.1 Å². The number of amides is 2. The molecule has 0 aromatic heterocycles. The van der Waals surface area contributed by atoms with Crippen molar-refractivity contribution >= 4 is 17.5 Å². The van der Waals surface area contributed by atoms with Gasteiger partial charge in [-0.1, -0.05) is 30.3 Å². The molecule has 4 rings (SSSR count). The average Bonchev–Trinajstić information content (AvgIpc) is 3.44. The molecule has 3 aromatic rings. The van der Waals surface area contributed by atoms with Gasteiger partial charge in [0.1, 0.15) is 18.0 Å². The largest absolute Gasteiger partial charge is 0.497 e. The van der Waals surface area contributed by atoms with Gasteiger partial charge >= 0.3 is 6.18 Å². The van der Waals surface area contributed by atoms with Crippen LogP contribution in [-0.2, 0) is 15.7 Å². The first-order chi connectivity index (χ1) is 19.7. The zero-order valence-electron chi connectivity index (χ0n) is 22.9. The van der Waals surface area contributed by atoms with Crippen molar-refractivity contribution in [1.82, 2.24) is 9.91 Å². The minimum Gasteiger partial charge on any atom is -0.497 e. The summed E-state index contributed by atoms with van der Waals surface area (Å²) in [4.78, 5) is 28.4. The highest BCUT2D eigenvalue weighted by Crippen LogP contribution is 2.38. The second-order valence-corrected chi connectivity index (χ2v) is 9.27. The molecule has 1 atom stereocenters. The van der Waals surface area contributed by atoms with Gasteiger partial charge in [-0.05, 0) is 42.5 Å². The van der Waals surface area contributed by atoms with Crippen LogP contribution in [0.1, 0.15) is 39.5 Å². The molecule has 3 aromatic carbocycles. The Morgan fingerprint density at radius 1 is 0.976 bits per heavy atom. The van der Waals surface area contributed by atoms with Gasteiger partial charge < -0.3 is 19.1 Å². The zero-order valence-corrected chi connectivity index (χ0v) is 22.9. The minimum absolute atomic E-state index is 0.0187. The van der Waals surface area contributed by atoms with E-state index in [9.17, 15) is 22.8 Å². The summed E-state index contributed by atoms with van der Waals surface area (Å²) in [7, 11) is 4.55. The summed E-state index contributed by atoms with van der Waals surface area (Å²) in [6.07, 6.45) is -4.15. The number of hydrogen-bond donors (Lipinski definition) is 0. The first kappa shape index (κ1) is 29.6. The Hall–Kier alpha value is -4.38. The molecule has 0 bridgehead atoms. The summed E-state index contributed by atoms with van der Waals surface area (Å²) >= 11 is 0. The van der Waals surface area contributed by atoms with Gasteiger partial charge in [-0.15, -0.1) is 0 Å². The molecule has 0 fully saturated rings. The molecule has 8 nitrogen and oxygen atoms in total. The Kier molecular flexibility index (Phi) is 9.28. The topological polar surface area (TPSA) is 80.7 Å². The number of methoxy groups -OCH3 is 3. The minimum atomic E-state index is -4.53. The van der Waals surface area contributed by atoms with Crippen LogP contribution in [-0.4, -0.2) is 68.5 Å². The Bertz CT molecular complexity index is 1410. The molecule has 1 heterocycles. The number of carbonyl (C=O) groups is 2. The van der Waals surface area contributed by atoms with Crippen molar-refractivity contribution in [1.29, 1.82) is 0 Å². The fourth-order valence-corrected chi connectivity index (χ4v) is 4.58. The van der Waals surface area contributed by atoms with E-state index in [0.29, 0.717) is 23.6 Å². The average molecular weight is 570 g/mol. The molecule has 11 heteroatoms. The molecule has 216 valence electrons. The van der Waals surface area contributed by atoms with Gasteiger partial charge in [0.2, 0.25) is 0 Å². The highest BCUT2D eigenvalue weighted by molar-refractivity contribution is 6.04. The van der Waals surface area contributed by atoms with E-state index >= 15 is 0 Å². The number of hydrogen-bond acceptors (Lipinski definition) is 6. The summed E-state index contributed by atoms with van der Waals surface area (Å²) in [5.41, 5.74) is 1.31. The lowest BCUT2D eigenvalue weighted by Gasteiger charge is -2.27. The summed E-state index contributed by atoms with van der Waals surface area (Å²) in [6.45, 7) is -0.209. The second-order valence-electron chi connectivity index (χ2n) is 9.27. The van der Waals surface area contributed by atoms with Gasteiger partial charge in [0.15, 0.2) is 0 Å². The highest BCUT2D eigenvalue weighted by Gasteiger charge is 2.36. The SMILES string of the molecule is COCCN(CC(=O)N1N=C(c2cccc(OC)c2)CC1c1ccccc1OC)C(=O)c1ccc(C(F)(F)F)cc1. The van der Waals surface area contributed by atoms with Gasteiger partial charge in [-0.3, -0.25) is 9.59 Å². The number of nitrogens with zero attached hydrogens (tertiary/aromatic N) is 3. The van der Waals surface area contributed by atoms with E-state index in [1.165, 1.54) is 17.0 Å². The van der Waals surface area contributed by atoms with Crippen molar-refractivity contribution in [3.05, 3.63) is 95.1 Å². The van der Waals surface area contributed by atoms with Crippen LogP contribution in [0.3, 0.4) is 0 Å². The predicted octanol–water partition coefficient (Wildman–Crippen LogP) is 5.19. The number of alkyl halides is 3. The van der Waals surface area contributed by atoms with Gasteiger partial charge in [-0.25, -0.2) is 5.01 Å². The Morgan fingerprint density at radius 2 is 1.71 bits per heavy atom. The van der Waals surface area contributed by atoms with Crippen LogP contribution in [0, 0.1) is 0 Å². The number of rotatable bonds is 10. The monoisotopic (exact) mass is 569 g/mol. The lowest BCUT2D eigenvalue weighted by Crippen LogP contribution is -2.42. The first-order valence-electron chi connectivity index (χ1n) is 12.8. The van der Waals surface area contributed by atoms with Crippen molar-refractivity contribution in [3.63, 3.8) is 0 Å². The van der Waals surface area contributed by atoms with Crippen LogP contribution in [0.4, 0.5) is 13.2 Å². The van der Waals surface area contributed by atoms with Crippen molar-refractivity contribution in [2.24, 2.45) is 5.10 Å². The van der Waals surface area contributed by atoms with Crippen LogP contribution < -0.4 is 9.47 Å². The van der Waals surface area contributed by atoms with Crippen LogP contribution in [0.15, 0.2) is 77.9 Å². The third-order valence-corrected chi connectivity index (χ3v) is 6.70. The van der Waals surface area contributed by atoms with E-state index in [-0.39, 0.29) is 25.3 Å². The van der Waals surface area contributed by atoms with Gasteiger partial charge in [0, 0.05) is 36.8 Å². The summed E-state index contributed by atoms with van der Waals surface area (Å²) in [6, 6.07) is 18.0. The molecule has 1 aliphatic heterocycles. The Labute approximate surface area is 235 Å². The summed E-state index contributed by atoms with van der Waals surface area (Å²) in [5.74, 6) is 0.135. The maximum Gasteiger partial charge on any atom is 0.416 e. The molecule has 0 aliphatic carbocycles. The van der Waals surface area contributed by atoms with E-state index in [1.54, 1.807) is 26.4 Å². The maximum atomic E-state index is 13.8. The van der Waals surface area contributed by atoms with Crippen LogP contribution in [0.5, 0.6) is 11.5 Å². The Morgan fingerprint density at radius 3 is 2.37 bits per heavy atom. The molecule has 2 amide bonds. The molecule has 1 aliphatic rings. The number of hydrazone groups is 1. The Balaban J connectivity index is 1.65. The molecule has 0 spiro atoms. The molecular weight excluding hydrogens is 539 g/mol. The number of benzene rings is 3. The van der Waals surface area contributed by atoms with E-state index in [0.717, 1.165) is 35.4 Å². The number of halogens is 3. The molecule has 0 N–H and O–H groups in total. The van der Waals surface area contributed by atoms with Crippen LogP contribution in [0.2, 0.25) is 0 Å². The summed E-state index contributed by atoms with van der Waals surface area (Å²) in [5, 5.41) is 6.01. The lowest BCUT2D eigenvalue weighted by atomic mass is 9.97. The number of carbonyl (C=O) groups excluding carboxylic acids is 2. The highest BCUT2D eigenvalue weighted by atomic mass is 19.4. The molecule has 1 unspecified atom stereocenters. The molecule has 0 saturated carbocycles. The standard InChI is InChI=1S/C30H30F3N3O5/c1-39-16-15-35(29(38)20-11-13-22(14-12-20)30(31,32)33)19-28(37)36-26(24-9-4-5-10-27(24)41-3)18-25(34-36)21-7-6-8-23(17-21)40-2/h4-14,17,26H,15-16,18-19H2,1-3H3. The fraction of sp³-hybridized carbons (Fsp3) is 0.300. The fourth-order valence-electron chi connectivity index (χ4n) is 4.58. The number of ether oxygens (including phenoxy) is 3. The maximum absolute atomic E-state index is 13.8. The normalized spacial score (nSPS) is 14.9. The first-order valence-corrected chi connectivity index (χ1v) is 12.8. The van der Waals surface area contributed by atoms with Gasteiger partial charge in [0.25, 0.3) is 11.8 Å². The van der Waals surface area contributed by atoms with Crippen LogP contribution >= 0.6 is 0 Å². The van der Waals surface area contributed by atoms with Crippen molar-refractivity contribution in [2.45, 2.75) is 18.6 Å². The second kappa shape index (κ2) is 12.9. The molecule has 41 heavy (non-hydrogen) atoms. The van der Waals surface area contributed by atoms with E-state index in [1.807, 2.05) is 36.4 Å².